The van der Waals surface area contributed by atoms with Gasteiger partial charge in [-0.1, -0.05) is 0 Å². The van der Waals surface area contributed by atoms with E-state index in [1.807, 2.05) is 5.01 Å². The summed E-state index contributed by atoms with van der Waals surface area (Å²) >= 11 is 0. The van der Waals surface area contributed by atoms with E-state index in [4.69, 9.17) is 4.74 Å². The maximum Gasteiger partial charge on any atom is 0.283 e. The highest BCUT2D eigenvalue weighted by molar-refractivity contribution is 6.26. The molecule has 0 amide bonds. The third kappa shape index (κ3) is 2.94. The first-order chi connectivity index (χ1) is 12.6. The van der Waals surface area contributed by atoms with Crippen LogP contribution in [0, 0.1) is 0 Å². The van der Waals surface area contributed by atoms with E-state index in [2.05, 4.69) is 4.98 Å². The zero-order valence-corrected chi connectivity index (χ0v) is 14.4. The van der Waals surface area contributed by atoms with Gasteiger partial charge >= 0.3 is 0 Å². The molecule has 2 fully saturated rings. The number of morpholine rings is 1. The van der Waals surface area contributed by atoms with Crippen molar-refractivity contribution in [3.8, 4) is 0 Å². The van der Waals surface area contributed by atoms with E-state index < -0.39 is 17.1 Å². The lowest BCUT2D eigenvalue weighted by molar-refractivity contribution is -0.116. The van der Waals surface area contributed by atoms with Crippen LogP contribution in [0.15, 0.2) is 22.3 Å². The monoisotopic (exact) mass is 359 g/mol. The quantitative estimate of drug-likeness (QED) is 0.628. The Balaban J connectivity index is 1.79. The zero-order valence-electron chi connectivity index (χ0n) is 14.4. The van der Waals surface area contributed by atoms with Crippen LogP contribution in [0.3, 0.4) is 0 Å². The van der Waals surface area contributed by atoms with E-state index in [-0.39, 0.29) is 35.7 Å². The number of allylic oxidation sites excluding steroid dienone is 2. The normalized spacial score (nSPS) is 21.2. The predicted octanol–water partition coefficient (Wildman–Crippen LogP) is 0.837. The summed E-state index contributed by atoms with van der Waals surface area (Å²) in [5.41, 5.74) is -0.909. The van der Waals surface area contributed by atoms with Gasteiger partial charge in [0.2, 0.25) is 5.78 Å². The summed E-state index contributed by atoms with van der Waals surface area (Å²) in [4.78, 5) is 42.5. The van der Waals surface area contributed by atoms with E-state index in [1.54, 1.807) is 0 Å². The fraction of sp³-hybridized carbons (Fsp3) is 0.556. The van der Waals surface area contributed by atoms with Crippen molar-refractivity contribution in [3.05, 3.63) is 39.3 Å². The Hall–Kier alpha value is -2.48. The van der Waals surface area contributed by atoms with Crippen molar-refractivity contribution >= 4 is 11.6 Å². The van der Waals surface area contributed by atoms with Gasteiger partial charge in [-0.2, -0.15) is 0 Å². The van der Waals surface area contributed by atoms with Crippen LogP contribution in [-0.2, 0) is 9.53 Å². The predicted molar refractivity (Wildman–Crippen MR) is 92.1 cm³/mol. The molecule has 138 valence electrons. The second-order valence-electron chi connectivity index (χ2n) is 6.91. The molecule has 1 aromatic rings. The number of carbonyl (C=O) groups excluding carboxylic acids is 2. The first kappa shape index (κ1) is 17.0. The van der Waals surface area contributed by atoms with Crippen molar-refractivity contribution in [2.24, 2.45) is 0 Å². The van der Waals surface area contributed by atoms with Crippen LogP contribution in [0.2, 0.25) is 0 Å². The molecular weight excluding hydrogens is 338 g/mol. The van der Waals surface area contributed by atoms with E-state index >= 15 is 0 Å². The zero-order chi connectivity index (χ0) is 18.3. The topological polar surface area (TPSA) is 102 Å². The van der Waals surface area contributed by atoms with Gasteiger partial charge in [-0.15, -0.1) is 0 Å². The molecule has 2 aliphatic carbocycles. The Bertz CT molecular complexity index is 847. The Kier molecular flexibility index (Phi) is 4.36. The molecule has 8 nitrogen and oxygen atoms in total. The molecule has 0 bridgehead atoms. The minimum atomic E-state index is -0.728. The number of hydrogen-bond donors (Lipinski definition) is 1. The molecule has 2 heterocycles. The minimum absolute atomic E-state index is 0.169. The second-order valence-corrected chi connectivity index (χ2v) is 6.91. The van der Waals surface area contributed by atoms with Gasteiger partial charge in [0.05, 0.1) is 26.3 Å². The number of nitrogens with zero attached hydrogens (tertiary/aromatic N) is 3. The van der Waals surface area contributed by atoms with Crippen molar-refractivity contribution in [2.45, 2.75) is 38.0 Å². The van der Waals surface area contributed by atoms with Crippen LogP contribution in [0.25, 0.3) is 0 Å². The van der Waals surface area contributed by atoms with Gasteiger partial charge in [0.15, 0.2) is 5.78 Å². The molecule has 1 N–H and O–H groups in total. The van der Waals surface area contributed by atoms with Crippen LogP contribution >= 0.6 is 0 Å². The molecule has 1 saturated heterocycles. The Morgan fingerprint density at radius 3 is 2.58 bits per heavy atom. The number of Topliss-reactive ketones (excluding diaryl/α,β-unsaturated/α-hetero) is 2. The first-order valence-corrected chi connectivity index (χ1v) is 9.03. The van der Waals surface area contributed by atoms with Gasteiger partial charge in [0, 0.05) is 25.0 Å². The van der Waals surface area contributed by atoms with E-state index in [1.165, 1.54) is 10.9 Å². The van der Waals surface area contributed by atoms with Crippen LogP contribution < -0.4 is 10.6 Å². The first-order valence-electron chi connectivity index (χ1n) is 9.03. The smallest absolute Gasteiger partial charge is 0.283 e. The van der Waals surface area contributed by atoms with Crippen molar-refractivity contribution in [2.75, 3.05) is 31.3 Å². The summed E-state index contributed by atoms with van der Waals surface area (Å²) < 4.78 is 6.83. The number of rotatable bonds is 4. The third-order valence-corrected chi connectivity index (χ3v) is 5.04. The second kappa shape index (κ2) is 6.68. The Morgan fingerprint density at radius 1 is 1.19 bits per heavy atom. The Morgan fingerprint density at radius 2 is 1.92 bits per heavy atom. The van der Waals surface area contributed by atoms with Gasteiger partial charge in [-0.3, -0.25) is 14.4 Å². The lowest BCUT2D eigenvalue weighted by atomic mass is 9.91. The summed E-state index contributed by atoms with van der Waals surface area (Å²) in [7, 11) is 0. The maximum atomic E-state index is 13.1. The van der Waals surface area contributed by atoms with Crippen molar-refractivity contribution < 1.29 is 19.4 Å². The number of carbonyl (C=O) groups is 2. The van der Waals surface area contributed by atoms with E-state index in [9.17, 15) is 19.5 Å². The summed E-state index contributed by atoms with van der Waals surface area (Å²) in [6, 6.07) is 0. The number of aliphatic hydroxyl groups excluding tert-OH is 1. The Labute approximate surface area is 150 Å². The summed E-state index contributed by atoms with van der Waals surface area (Å²) in [6.07, 6.45) is 4.19. The molecular formula is C18H21N3O5. The highest BCUT2D eigenvalue weighted by atomic mass is 16.5. The van der Waals surface area contributed by atoms with Crippen LogP contribution in [0.4, 0.5) is 0 Å². The number of ketones is 2. The molecule has 0 unspecified atom stereocenters. The van der Waals surface area contributed by atoms with E-state index in [0.29, 0.717) is 38.5 Å². The van der Waals surface area contributed by atoms with Crippen molar-refractivity contribution in [1.82, 2.24) is 9.66 Å². The number of aromatic nitrogens is 2. The molecule has 3 aliphatic rings. The van der Waals surface area contributed by atoms with Gasteiger partial charge < -0.3 is 14.9 Å². The molecule has 0 atom stereocenters. The molecule has 8 heteroatoms. The molecule has 0 radical (unpaired) electrons. The SMILES string of the molecule is O=C1CCCC(O)=C1C(=O)c1cnc(C2CC2)n(N2CCOCC2)c1=O. The highest BCUT2D eigenvalue weighted by Gasteiger charge is 2.34. The molecule has 1 saturated carbocycles. The van der Waals surface area contributed by atoms with Gasteiger partial charge in [0.25, 0.3) is 5.56 Å². The van der Waals surface area contributed by atoms with Crippen molar-refractivity contribution in [1.29, 1.82) is 0 Å². The van der Waals surface area contributed by atoms with Crippen LogP contribution in [-0.4, -0.2) is 52.6 Å². The highest BCUT2D eigenvalue weighted by Crippen LogP contribution is 2.38. The molecule has 0 aromatic carbocycles. The average molecular weight is 359 g/mol. The fourth-order valence-electron chi connectivity index (χ4n) is 3.48. The molecule has 4 rings (SSSR count). The van der Waals surface area contributed by atoms with E-state index in [0.717, 1.165) is 12.8 Å². The summed E-state index contributed by atoms with van der Waals surface area (Å²) in [5.74, 6) is -0.494. The molecule has 0 spiro atoms. The average Bonchev–Trinajstić information content (AvgIpc) is 3.47. The molecule has 1 aliphatic heterocycles. The largest absolute Gasteiger partial charge is 0.511 e. The summed E-state index contributed by atoms with van der Waals surface area (Å²) in [5, 5.41) is 11.9. The fourth-order valence-corrected chi connectivity index (χ4v) is 3.48. The van der Waals surface area contributed by atoms with Crippen molar-refractivity contribution in [3.63, 3.8) is 0 Å². The summed E-state index contributed by atoms with van der Waals surface area (Å²) in [6.45, 7) is 2.07. The van der Waals surface area contributed by atoms with Gasteiger partial charge in [0.1, 0.15) is 22.7 Å². The minimum Gasteiger partial charge on any atom is -0.511 e. The lowest BCUT2D eigenvalue weighted by Gasteiger charge is -2.31. The van der Waals surface area contributed by atoms with Gasteiger partial charge in [-0.05, 0) is 19.3 Å². The molecule has 1 aromatic heterocycles. The lowest BCUT2D eigenvalue weighted by Crippen LogP contribution is -2.51. The van der Waals surface area contributed by atoms with Crippen LogP contribution in [0.1, 0.15) is 54.2 Å². The number of hydrogen-bond acceptors (Lipinski definition) is 7. The molecule has 26 heavy (non-hydrogen) atoms. The van der Waals surface area contributed by atoms with Gasteiger partial charge in [-0.25, -0.2) is 9.66 Å². The number of ether oxygens (including phenoxy) is 1. The number of aliphatic hydroxyl groups is 1. The van der Waals surface area contributed by atoms with Crippen LogP contribution in [0.5, 0.6) is 0 Å². The standard InChI is InChI=1S/C18H21N3O5/c22-13-2-1-3-14(23)15(13)16(24)12-10-19-17(11-4-5-11)21(18(12)25)20-6-8-26-9-7-20/h10-11,22H,1-9H2. The third-order valence-electron chi connectivity index (χ3n) is 5.04. The maximum absolute atomic E-state index is 13.1.